The summed E-state index contributed by atoms with van der Waals surface area (Å²) in [5.74, 6) is -0.266. The molecule has 0 atom stereocenters. The van der Waals surface area contributed by atoms with E-state index in [1.807, 2.05) is 36.4 Å². The predicted octanol–water partition coefficient (Wildman–Crippen LogP) is 6.77. The van der Waals surface area contributed by atoms with Crippen molar-refractivity contribution in [1.82, 2.24) is 0 Å². The van der Waals surface area contributed by atoms with Crippen LogP contribution in [0.1, 0.15) is 11.1 Å². The van der Waals surface area contributed by atoms with Crippen LogP contribution in [0.2, 0.25) is 15.1 Å². The van der Waals surface area contributed by atoms with E-state index in [1.54, 1.807) is 36.4 Å². The van der Waals surface area contributed by atoms with Crippen molar-refractivity contribution in [2.75, 3.05) is 5.32 Å². The second kappa shape index (κ2) is 10.2. The summed E-state index contributed by atoms with van der Waals surface area (Å²) in [5.41, 5.74) is 1.69. The number of amides is 1. The molecule has 0 aliphatic carbocycles. The largest absolute Gasteiger partial charge is 0.487 e. The van der Waals surface area contributed by atoms with Crippen molar-refractivity contribution in [3.05, 3.63) is 98.5 Å². The smallest absolute Gasteiger partial charge is 0.266 e. The number of halogens is 3. The van der Waals surface area contributed by atoms with Gasteiger partial charge in [0.25, 0.3) is 5.91 Å². The monoisotopic (exact) mass is 456 g/mol. The summed E-state index contributed by atoms with van der Waals surface area (Å²) in [4.78, 5) is 12.6. The second-order valence-corrected chi connectivity index (χ2v) is 7.49. The minimum Gasteiger partial charge on any atom is -0.487 e. The SMILES string of the molecule is N#C/C(=C\c1cc(Cl)cc(Cl)c1OCc1ccccc1)C(=O)Nc1cccc(Cl)c1. The Kier molecular flexibility index (Phi) is 7.37. The van der Waals surface area contributed by atoms with Gasteiger partial charge in [-0.05, 0) is 42.0 Å². The van der Waals surface area contributed by atoms with Gasteiger partial charge < -0.3 is 10.1 Å². The van der Waals surface area contributed by atoms with Gasteiger partial charge in [-0.15, -0.1) is 0 Å². The lowest BCUT2D eigenvalue weighted by Crippen LogP contribution is -2.13. The number of hydrogen-bond donors (Lipinski definition) is 1. The Morgan fingerprint density at radius 1 is 1.00 bits per heavy atom. The minimum atomic E-state index is -0.593. The van der Waals surface area contributed by atoms with Crippen LogP contribution in [0.5, 0.6) is 5.75 Å². The molecule has 0 saturated heterocycles. The number of hydrogen-bond acceptors (Lipinski definition) is 3. The zero-order chi connectivity index (χ0) is 21.5. The van der Waals surface area contributed by atoms with Crippen molar-refractivity contribution in [2.24, 2.45) is 0 Å². The van der Waals surface area contributed by atoms with E-state index in [2.05, 4.69) is 5.32 Å². The molecule has 1 amide bonds. The van der Waals surface area contributed by atoms with Crippen molar-refractivity contribution in [3.63, 3.8) is 0 Å². The number of anilines is 1. The highest BCUT2D eigenvalue weighted by Gasteiger charge is 2.15. The van der Waals surface area contributed by atoms with E-state index in [0.717, 1.165) is 5.56 Å². The van der Waals surface area contributed by atoms with Crippen LogP contribution in [0.4, 0.5) is 5.69 Å². The predicted molar refractivity (Wildman–Crippen MR) is 121 cm³/mol. The third-order valence-corrected chi connectivity index (χ3v) is 4.74. The molecule has 3 rings (SSSR count). The number of benzene rings is 3. The number of nitrogens with zero attached hydrogens (tertiary/aromatic N) is 1. The van der Waals surface area contributed by atoms with Crippen LogP contribution < -0.4 is 10.1 Å². The number of rotatable bonds is 6. The molecule has 3 aromatic carbocycles. The van der Waals surface area contributed by atoms with Gasteiger partial charge >= 0.3 is 0 Å². The van der Waals surface area contributed by atoms with Gasteiger partial charge in [-0.3, -0.25) is 4.79 Å². The average molecular weight is 458 g/mol. The maximum atomic E-state index is 12.6. The molecule has 0 spiro atoms. The molecular formula is C23H15Cl3N2O2. The summed E-state index contributed by atoms with van der Waals surface area (Å²) in [6, 6.07) is 21.2. The molecule has 0 aliphatic heterocycles. The molecule has 4 nitrogen and oxygen atoms in total. The van der Waals surface area contributed by atoms with Crippen LogP contribution in [0.15, 0.2) is 72.3 Å². The number of nitrogens with one attached hydrogen (secondary N) is 1. The molecule has 0 fully saturated rings. The van der Waals surface area contributed by atoms with E-state index in [4.69, 9.17) is 39.5 Å². The summed E-state index contributed by atoms with van der Waals surface area (Å²) < 4.78 is 5.87. The van der Waals surface area contributed by atoms with Crippen molar-refractivity contribution in [1.29, 1.82) is 5.26 Å². The van der Waals surface area contributed by atoms with Crippen molar-refractivity contribution >= 4 is 52.5 Å². The molecule has 0 saturated carbocycles. The van der Waals surface area contributed by atoms with Gasteiger partial charge in [-0.2, -0.15) is 5.26 Å². The number of ether oxygens (including phenoxy) is 1. The fourth-order valence-electron chi connectivity index (χ4n) is 2.64. The first-order valence-electron chi connectivity index (χ1n) is 8.81. The maximum absolute atomic E-state index is 12.6. The number of carbonyl (C=O) groups excluding carboxylic acids is 1. The Morgan fingerprint density at radius 3 is 2.47 bits per heavy atom. The normalized spacial score (nSPS) is 10.9. The van der Waals surface area contributed by atoms with E-state index in [0.29, 0.717) is 27.0 Å². The van der Waals surface area contributed by atoms with Crippen LogP contribution in [-0.2, 0) is 11.4 Å². The van der Waals surface area contributed by atoms with Crippen LogP contribution in [-0.4, -0.2) is 5.91 Å². The molecule has 1 N–H and O–H groups in total. The minimum absolute atomic E-state index is 0.141. The summed E-state index contributed by atoms with van der Waals surface area (Å²) >= 11 is 18.4. The highest BCUT2D eigenvalue weighted by Crippen LogP contribution is 2.34. The Bertz CT molecular complexity index is 1140. The first kappa shape index (κ1) is 21.7. The molecule has 0 radical (unpaired) electrons. The maximum Gasteiger partial charge on any atom is 0.266 e. The Balaban J connectivity index is 1.89. The quantitative estimate of drug-likeness (QED) is 0.328. The lowest BCUT2D eigenvalue weighted by atomic mass is 10.1. The van der Waals surface area contributed by atoms with Gasteiger partial charge in [0, 0.05) is 21.3 Å². The Morgan fingerprint density at radius 2 is 1.77 bits per heavy atom. The summed E-state index contributed by atoms with van der Waals surface area (Å²) in [5, 5.41) is 13.2. The molecule has 30 heavy (non-hydrogen) atoms. The molecule has 0 bridgehead atoms. The van der Waals surface area contributed by atoms with Gasteiger partial charge in [0.15, 0.2) is 0 Å². The van der Waals surface area contributed by atoms with Gasteiger partial charge in [-0.1, -0.05) is 71.2 Å². The van der Waals surface area contributed by atoms with Crippen molar-refractivity contribution < 1.29 is 9.53 Å². The molecule has 7 heteroatoms. The molecule has 0 unspecified atom stereocenters. The van der Waals surface area contributed by atoms with E-state index in [-0.39, 0.29) is 17.2 Å². The highest BCUT2D eigenvalue weighted by atomic mass is 35.5. The third-order valence-electron chi connectivity index (χ3n) is 4.01. The lowest BCUT2D eigenvalue weighted by Gasteiger charge is -2.12. The van der Waals surface area contributed by atoms with Crippen LogP contribution in [0, 0.1) is 11.3 Å². The van der Waals surface area contributed by atoms with Gasteiger partial charge in [0.05, 0.1) is 5.02 Å². The first-order chi connectivity index (χ1) is 14.5. The lowest BCUT2D eigenvalue weighted by molar-refractivity contribution is -0.112. The molecule has 0 aliphatic rings. The second-order valence-electron chi connectivity index (χ2n) is 6.21. The highest BCUT2D eigenvalue weighted by molar-refractivity contribution is 6.36. The van der Waals surface area contributed by atoms with Crippen molar-refractivity contribution in [3.8, 4) is 11.8 Å². The van der Waals surface area contributed by atoms with Crippen LogP contribution in [0.3, 0.4) is 0 Å². The zero-order valence-electron chi connectivity index (χ0n) is 15.5. The molecule has 150 valence electrons. The van der Waals surface area contributed by atoms with Crippen LogP contribution >= 0.6 is 34.8 Å². The summed E-state index contributed by atoms with van der Waals surface area (Å²) in [7, 11) is 0. The van der Waals surface area contributed by atoms with E-state index in [9.17, 15) is 10.1 Å². The molecular weight excluding hydrogens is 443 g/mol. The molecule has 0 aromatic heterocycles. The van der Waals surface area contributed by atoms with E-state index >= 15 is 0 Å². The first-order valence-corrected chi connectivity index (χ1v) is 9.94. The molecule has 3 aromatic rings. The van der Waals surface area contributed by atoms with E-state index < -0.39 is 5.91 Å². The number of carbonyl (C=O) groups is 1. The summed E-state index contributed by atoms with van der Waals surface area (Å²) in [6.07, 6.45) is 1.39. The third kappa shape index (κ3) is 5.77. The van der Waals surface area contributed by atoms with Crippen LogP contribution in [0.25, 0.3) is 6.08 Å². The van der Waals surface area contributed by atoms with Gasteiger partial charge in [-0.25, -0.2) is 0 Å². The standard InChI is InChI=1S/C23H15Cl3N2O2/c24-18-7-4-8-20(11-18)28-23(29)17(13-27)9-16-10-19(25)12-21(26)22(16)30-14-15-5-2-1-3-6-15/h1-12H,14H2,(H,28,29)/b17-9+. The topological polar surface area (TPSA) is 62.1 Å². The summed E-state index contributed by atoms with van der Waals surface area (Å²) in [6.45, 7) is 0.264. The fraction of sp³-hybridized carbons (Fsp3) is 0.0435. The average Bonchev–Trinajstić information content (AvgIpc) is 2.72. The zero-order valence-corrected chi connectivity index (χ0v) is 17.8. The Labute approximate surface area is 189 Å². The van der Waals surface area contributed by atoms with E-state index in [1.165, 1.54) is 6.08 Å². The number of nitriles is 1. The van der Waals surface area contributed by atoms with Crippen molar-refractivity contribution in [2.45, 2.75) is 6.61 Å². The fourth-order valence-corrected chi connectivity index (χ4v) is 3.39. The Hall–Kier alpha value is -2.97. The van der Waals surface area contributed by atoms with Gasteiger partial charge in [0.2, 0.25) is 0 Å². The molecule has 0 heterocycles. The van der Waals surface area contributed by atoms with Gasteiger partial charge in [0.1, 0.15) is 24.0 Å².